The molecule has 92 valence electrons. The second-order valence-corrected chi connectivity index (χ2v) is 5.33. The number of benzene rings is 2. The fourth-order valence-electron chi connectivity index (χ4n) is 1.78. The normalized spacial score (nSPS) is 10.4. The van der Waals surface area contributed by atoms with Crippen molar-refractivity contribution < 1.29 is 4.79 Å². The molecular formula is C15H13ClOS. The quantitative estimate of drug-likeness (QED) is 0.602. The number of rotatable bonds is 3. The Morgan fingerprint density at radius 2 is 1.94 bits per heavy atom. The summed E-state index contributed by atoms with van der Waals surface area (Å²) in [7, 11) is 0. The molecule has 0 unspecified atom stereocenters. The largest absolute Gasteiger partial charge is 0.289 e. The molecule has 0 bridgehead atoms. The SMILES string of the molecule is CSc1ccc(C)cc1C(=O)c1cccc(Cl)c1. The van der Waals surface area contributed by atoms with Crippen molar-refractivity contribution in [2.45, 2.75) is 11.8 Å². The summed E-state index contributed by atoms with van der Waals surface area (Å²) in [5.74, 6) is 0.0190. The molecule has 0 aliphatic rings. The number of halogens is 1. The van der Waals surface area contributed by atoms with Gasteiger partial charge in [0.2, 0.25) is 0 Å². The number of carbonyl (C=O) groups is 1. The topological polar surface area (TPSA) is 17.1 Å². The molecule has 18 heavy (non-hydrogen) atoms. The van der Waals surface area contributed by atoms with E-state index in [2.05, 4.69) is 0 Å². The van der Waals surface area contributed by atoms with Gasteiger partial charge < -0.3 is 0 Å². The summed E-state index contributed by atoms with van der Waals surface area (Å²) < 4.78 is 0. The standard InChI is InChI=1S/C15H13ClOS/c1-10-6-7-14(18-2)13(8-10)15(17)11-4-3-5-12(16)9-11/h3-9H,1-2H3. The van der Waals surface area contributed by atoms with E-state index in [0.29, 0.717) is 10.6 Å². The Morgan fingerprint density at radius 1 is 1.17 bits per heavy atom. The van der Waals surface area contributed by atoms with Crippen molar-refractivity contribution >= 4 is 29.1 Å². The van der Waals surface area contributed by atoms with E-state index in [1.165, 1.54) is 0 Å². The van der Waals surface area contributed by atoms with Gasteiger partial charge in [-0.1, -0.05) is 35.4 Å². The Labute approximate surface area is 116 Å². The summed E-state index contributed by atoms with van der Waals surface area (Å²) >= 11 is 7.50. The number of hydrogen-bond acceptors (Lipinski definition) is 2. The molecule has 0 aromatic heterocycles. The molecule has 2 aromatic rings. The van der Waals surface area contributed by atoms with Crippen molar-refractivity contribution in [1.29, 1.82) is 0 Å². The van der Waals surface area contributed by atoms with Crippen molar-refractivity contribution in [3.05, 3.63) is 64.2 Å². The zero-order valence-electron chi connectivity index (χ0n) is 10.2. The maximum absolute atomic E-state index is 12.5. The molecule has 0 fully saturated rings. The van der Waals surface area contributed by atoms with Gasteiger partial charge >= 0.3 is 0 Å². The summed E-state index contributed by atoms with van der Waals surface area (Å²) in [5.41, 5.74) is 2.45. The van der Waals surface area contributed by atoms with Crippen molar-refractivity contribution in [1.82, 2.24) is 0 Å². The number of aryl methyl sites for hydroxylation is 1. The fraction of sp³-hybridized carbons (Fsp3) is 0.133. The maximum atomic E-state index is 12.5. The van der Waals surface area contributed by atoms with E-state index >= 15 is 0 Å². The third-order valence-electron chi connectivity index (χ3n) is 2.69. The molecule has 0 atom stereocenters. The fourth-order valence-corrected chi connectivity index (χ4v) is 2.55. The van der Waals surface area contributed by atoms with Gasteiger partial charge in [-0.2, -0.15) is 0 Å². The smallest absolute Gasteiger partial charge is 0.194 e. The molecule has 3 heteroatoms. The van der Waals surface area contributed by atoms with Gasteiger partial charge in [-0.05, 0) is 37.4 Å². The van der Waals surface area contributed by atoms with Crippen LogP contribution in [0, 0.1) is 6.92 Å². The van der Waals surface area contributed by atoms with Gasteiger partial charge in [0, 0.05) is 21.0 Å². The molecule has 0 heterocycles. The molecule has 2 aromatic carbocycles. The van der Waals surface area contributed by atoms with Crippen LogP contribution in [0.5, 0.6) is 0 Å². The Hall–Kier alpha value is -1.25. The van der Waals surface area contributed by atoms with Gasteiger partial charge in [-0.25, -0.2) is 0 Å². The first-order valence-electron chi connectivity index (χ1n) is 5.56. The van der Waals surface area contributed by atoms with E-state index < -0.39 is 0 Å². The van der Waals surface area contributed by atoms with Gasteiger partial charge in [0.1, 0.15) is 0 Å². The van der Waals surface area contributed by atoms with Crippen LogP contribution in [0.2, 0.25) is 5.02 Å². The number of carbonyl (C=O) groups excluding carboxylic acids is 1. The first kappa shape index (κ1) is 13.2. The third-order valence-corrected chi connectivity index (χ3v) is 3.72. The van der Waals surface area contributed by atoms with Gasteiger partial charge in [-0.3, -0.25) is 4.79 Å². The van der Waals surface area contributed by atoms with E-state index in [4.69, 9.17) is 11.6 Å². The van der Waals surface area contributed by atoms with E-state index in [-0.39, 0.29) is 5.78 Å². The lowest BCUT2D eigenvalue weighted by Gasteiger charge is -2.08. The highest BCUT2D eigenvalue weighted by molar-refractivity contribution is 7.98. The molecule has 0 amide bonds. The number of hydrogen-bond donors (Lipinski definition) is 0. The van der Waals surface area contributed by atoms with Crippen molar-refractivity contribution in [2.24, 2.45) is 0 Å². The Bertz CT molecular complexity index is 593. The minimum absolute atomic E-state index is 0.0190. The molecule has 0 saturated heterocycles. The highest BCUT2D eigenvalue weighted by Gasteiger charge is 2.13. The average molecular weight is 277 g/mol. The summed E-state index contributed by atoms with van der Waals surface area (Å²) in [6.07, 6.45) is 1.97. The predicted molar refractivity (Wildman–Crippen MR) is 77.8 cm³/mol. The van der Waals surface area contributed by atoms with E-state index in [9.17, 15) is 4.79 Å². The zero-order chi connectivity index (χ0) is 13.1. The molecular weight excluding hydrogens is 264 g/mol. The van der Waals surface area contributed by atoms with Crippen LogP contribution < -0.4 is 0 Å². The van der Waals surface area contributed by atoms with Crippen molar-refractivity contribution in [2.75, 3.05) is 6.26 Å². The first-order chi connectivity index (χ1) is 8.61. The van der Waals surface area contributed by atoms with Crippen molar-refractivity contribution in [3.63, 3.8) is 0 Å². The maximum Gasteiger partial charge on any atom is 0.194 e. The highest BCUT2D eigenvalue weighted by Crippen LogP contribution is 2.25. The molecule has 0 spiro atoms. The lowest BCUT2D eigenvalue weighted by atomic mass is 10.0. The molecule has 1 nitrogen and oxygen atoms in total. The van der Waals surface area contributed by atoms with Crippen LogP contribution in [0.1, 0.15) is 21.5 Å². The van der Waals surface area contributed by atoms with Crippen LogP contribution in [0.4, 0.5) is 0 Å². The summed E-state index contributed by atoms with van der Waals surface area (Å²) in [4.78, 5) is 13.4. The Morgan fingerprint density at radius 3 is 2.61 bits per heavy atom. The summed E-state index contributed by atoms with van der Waals surface area (Å²) in [6.45, 7) is 1.98. The number of ketones is 1. The van der Waals surface area contributed by atoms with Crippen LogP contribution >= 0.6 is 23.4 Å². The molecule has 2 rings (SSSR count). The van der Waals surface area contributed by atoms with E-state index in [1.807, 2.05) is 31.4 Å². The minimum atomic E-state index is 0.0190. The second kappa shape index (κ2) is 5.59. The van der Waals surface area contributed by atoms with E-state index in [1.54, 1.807) is 36.0 Å². The second-order valence-electron chi connectivity index (χ2n) is 4.04. The Balaban J connectivity index is 2.48. The molecule has 0 saturated carbocycles. The van der Waals surface area contributed by atoms with Gasteiger partial charge in [0.25, 0.3) is 0 Å². The highest BCUT2D eigenvalue weighted by atomic mass is 35.5. The summed E-state index contributed by atoms with van der Waals surface area (Å²) in [5, 5.41) is 0.583. The third kappa shape index (κ3) is 2.77. The lowest BCUT2D eigenvalue weighted by Crippen LogP contribution is -2.03. The molecule has 0 radical (unpaired) electrons. The monoisotopic (exact) mass is 276 g/mol. The van der Waals surface area contributed by atoms with E-state index in [0.717, 1.165) is 16.0 Å². The van der Waals surface area contributed by atoms with Crippen LogP contribution in [0.15, 0.2) is 47.4 Å². The molecule has 0 aliphatic heterocycles. The lowest BCUT2D eigenvalue weighted by molar-refractivity contribution is 0.103. The first-order valence-corrected chi connectivity index (χ1v) is 7.17. The van der Waals surface area contributed by atoms with Gasteiger partial charge in [-0.15, -0.1) is 11.8 Å². The Kier molecular flexibility index (Phi) is 4.10. The predicted octanol–water partition coefficient (Wildman–Crippen LogP) is 4.60. The molecule has 0 aliphatic carbocycles. The van der Waals surface area contributed by atoms with Crippen LogP contribution in [0.3, 0.4) is 0 Å². The van der Waals surface area contributed by atoms with Crippen LogP contribution in [-0.4, -0.2) is 12.0 Å². The van der Waals surface area contributed by atoms with Gasteiger partial charge in [0.15, 0.2) is 5.78 Å². The van der Waals surface area contributed by atoms with Crippen LogP contribution in [0.25, 0.3) is 0 Å². The minimum Gasteiger partial charge on any atom is -0.289 e. The molecule has 0 N–H and O–H groups in total. The average Bonchev–Trinajstić information content (AvgIpc) is 2.38. The zero-order valence-corrected chi connectivity index (χ0v) is 11.8. The van der Waals surface area contributed by atoms with Crippen LogP contribution in [-0.2, 0) is 0 Å². The summed E-state index contributed by atoms with van der Waals surface area (Å²) in [6, 6.07) is 13.0. The van der Waals surface area contributed by atoms with Gasteiger partial charge in [0.05, 0.1) is 0 Å². The van der Waals surface area contributed by atoms with Crippen molar-refractivity contribution in [3.8, 4) is 0 Å². The number of thioether (sulfide) groups is 1.